The molecule has 0 spiro atoms. The summed E-state index contributed by atoms with van der Waals surface area (Å²) < 4.78 is 26.6. The van der Waals surface area contributed by atoms with Crippen molar-refractivity contribution in [3.63, 3.8) is 0 Å². The molecule has 0 unspecified atom stereocenters. The SMILES string of the molecule is CCCCC/C=C\C\C=C/C=C/C=C/[C@@H](SC[C@H](N)C(=O)O[C@H](COC(=O)CCCCCCCCCCCCCCCCC(C)C)COP(=O)(O)O)[C@@H](O)CCCC(=O)O. The van der Waals surface area contributed by atoms with Crippen molar-refractivity contribution in [3.05, 3.63) is 48.6 Å². The number of carbonyl (C=O) groups excluding carboxylic acids is 2. The maximum atomic E-state index is 13.0. The van der Waals surface area contributed by atoms with Crippen LogP contribution in [0.2, 0.25) is 0 Å². The van der Waals surface area contributed by atoms with Gasteiger partial charge >= 0.3 is 25.7 Å². The molecule has 0 radical (unpaired) electrons. The van der Waals surface area contributed by atoms with Crippen molar-refractivity contribution >= 4 is 37.5 Å². The van der Waals surface area contributed by atoms with Gasteiger partial charge in [0.25, 0.3) is 0 Å². The van der Waals surface area contributed by atoms with Crippen molar-refractivity contribution < 1.29 is 52.9 Å². The first-order valence-corrected chi connectivity index (χ1v) is 25.3. The lowest BCUT2D eigenvalue weighted by Crippen LogP contribution is -2.40. The van der Waals surface area contributed by atoms with Crippen molar-refractivity contribution in [3.8, 4) is 0 Å². The topological polar surface area (TPSA) is 203 Å². The highest BCUT2D eigenvalue weighted by Gasteiger charge is 2.27. The monoisotopic (exact) mass is 888 g/mol. The van der Waals surface area contributed by atoms with Crippen molar-refractivity contribution in [2.45, 2.75) is 198 Å². The standard InChI is InChI=1S/C46H82NO11PS/c1-4-5-6-7-8-9-10-16-19-22-25-28-33-43(42(48)32-30-34-44(49)50)60-38-41(47)46(52)58-40(37-57-59(53,54)55)36-56-45(51)35-29-26-23-20-17-14-12-11-13-15-18-21-24-27-31-39(2)3/h8-9,16,19,22,25,28,33,39-43,48H,4-7,10-15,17-18,20-21,23-24,26-27,29-32,34-38,47H2,1-3H3,(H,49,50)(H2,53,54,55)/b9-8-,19-16-,25-22+,33-28+/t40-,41+,42+,43-/m1/s1. The predicted molar refractivity (Wildman–Crippen MR) is 245 cm³/mol. The van der Waals surface area contributed by atoms with Gasteiger partial charge < -0.3 is 35.2 Å². The molecule has 0 heterocycles. The van der Waals surface area contributed by atoms with E-state index >= 15 is 0 Å². The Kier molecular flexibility index (Phi) is 38.1. The molecule has 0 rings (SSSR count). The van der Waals surface area contributed by atoms with Crippen LogP contribution in [0.15, 0.2) is 48.6 Å². The molecule has 0 fully saturated rings. The number of allylic oxidation sites excluding steroid dienone is 7. The van der Waals surface area contributed by atoms with Gasteiger partial charge in [-0.15, -0.1) is 11.8 Å². The molecule has 348 valence electrons. The molecule has 0 aromatic rings. The van der Waals surface area contributed by atoms with Crippen LogP contribution in [0, 0.1) is 5.92 Å². The average Bonchev–Trinajstić information content (AvgIpc) is 3.19. The number of carboxylic acids is 1. The number of hydrogen-bond donors (Lipinski definition) is 5. The molecule has 0 aromatic carbocycles. The van der Waals surface area contributed by atoms with Crippen molar-refractivity contribution in [2.24, 2.45) is 11.7 Å². The van der Waals surface area contributed by atoms with Crippen molar-refractivity contribution in [1.29, 1.82) is 0 Å². The highest BCUT2D eigenvalue weighted by atomic mass is 32.2. The number of phosphoric acid groups is 1. The van der Waals surface area contributed by atoms with Gasteiger partial charge in [0.15, 0.2) is 6.10 Å². The molecule has 60 heavy (non-hydrogen) atoms. The number of aliphatic hydroxyl groups is 1. The third-order valence-corrected chi connectivity index (χ3v) is 11.7. The molecule has 0 aliphatic heterocycles. The number of rotatable bonds is 41. The zero-order valence-electron chi connectivity index (χ0n) is 37.2. The van der Waals surface area contributed by atoms with E-state index in [9.17, 15) is 33.8 Å². The summed E-state index contributed by atoms with van der Waals surface area (Å²) in [5, 5.41) is 19.3. The Morgan fingerprint density at radius 1 is 0.717 bits per heavy atom. The van der Waals surface area contributed by atoms with Crippen LogP contribution in [-0.4, -0.2) is 80.4 Å². The maximum Gasteiger partial charge on any atom is 0.469 e. The van der Waals surface area contributed by atoms with E-state index in [4.69, 9.17) is 20.3 Å². The van der Waals surface area contributed by atoms with E-state index in [-0.39, 0.29) is 31.4 Å². The average molecular weight is 888 g/mol. The molecule has 0 aliphatic rings. The molecule has 6 N–H and O–H groups in total. The van der Waals surface area contributed by atoms with E-state index < -0.39 is 62.4 Å². The fraction of sp³-hybridized carbons (Fsp3) is 0.761. The Bertz CT molecular complexity index is 1250. The first-order valence-electron chi connectivity index (χ1n) is 22.7. The summed E-state index contributed by atoms with van der Waals surface area (Å²) in [5.74, 6) is -1.57. The van der Waals surface area contributed by atoms with E-state index in [0.29, 0.717) is 6.42 Å². The Labute approximate surface area is 366 Å². The summed E-state index contributed by atoms with van der Waals surface area (Å²) in [6, 6.07) is -1.20. The van der Waals surface area contributed by atoms with Gasteiger partial charge in [0.2, 0.25) is 0 Å². The summed E-state index contributed by atoms with van der Waals surface area (Å²) in [6.07, 6.45) is 37.4. The summed E-state index contributed by atoms with van der Waals surface area (Å²) in [6.45, 7) is 5.57. The Morgan fingerprint density at radius 2 is 1.32 bits per heavy atom. The van der Waals surface area contributed by atoms with Crippen LogP contribution in [0.3, 0.4) is 0 Å². The smallest absolute Gasteiger partial charge is 0.469 e. The third kappa shape index (κ3) is 39.9. The Morgan fingerprint density at radius 3 is 1.90 bits per heavy atom. The number of phosphoric ester groups is 1. The lowest BCUT2D eigenvalue weighted by molar-refractivity contribution is -0.161. The highest BCUT2D eigenvalue weighted by Crippen LogP contribution is 2.36. The van der Waals surface area contributed by atoms with E-state index in [1.165, 1.54) is 102 Å². The molecule has 4 atom stereocenters. The summed E-state index contributed by atoms with van der Waals surface area (Å²) in [5.41, 5.74) is 6.13. The van der Waals surface area contributed by atoms with Crippen LogP contribution in [-0.2, 0) is 32.9 Å². The second kappa shape index (κ2) is 39.6. The van der Waals surface area contributed by atoms with E-state index in [0.717, 1.165) is 38.0 Å². The number of esters is 2. The van der Waals surface area contributed by atoms with Crippen LogP contribution in [0.1, 0.15) is 175 Å². The van der Waals surface area contributed by atoms with Crippen LogP contribution >= 0.6 is 19.6 Å². The molecule has 0 amide bonds. The lowest BCUT2D eigenvalue weighted by atomic mass is 10.0. The fourth-order valence-electron chi connectivity index (χ4n) is 6.22. The summed E-state index contributed by atoms with van der Waals surface area (Å²) >= 11 is 1.18. The van der Waals surface area contributed by atoms with Crippen molar-refractivity contribution in [2.75, 3.05) is 19.0 Å². The number of unbranched alkanes of at least 4 members (excludes halogenated alkanes) is 16. The summed E-state index contributed by atoms with van der Waals surface area (Å²) in [4.78, 5) is 54.8. The number of thioether (sulfide) groups is 1. The van der Waals surface area contributed by atoms with Gasteiger partial charge in [-0.3, -0.25) is 18.9 Å². The quantitative estimate of drug-likeness (QED) is 0.0128. The Hall–Kier alpha value is -2.25. The number of aliphatic carboxylic acids is 1. The molecule has 14 heteroatoms. The second-order valence-corrected chi connectivity index (χ2v) is 18.5. The second-order valence-electron chi connectivity index (χ2n) is 16.1. The molecular weight excluding hydrogens is 806 g/mol. The molecule has 0 saturated heterocycles. The molecule has 0 saturated carbocycles. The van der Waals surface area contributed by atoms with Gasteiger partial charge in [-0.25, -0.2) is 4.57 Å². The van der Waals surface area contributed by atoms with Crippen LogP contribution < -0.4 is 5.73 Å². The third-order valence-electron chi connectivity index (χ3n) is 9.78. The largest absolute Gasteiger partial charge is 0.481 e. The molecule has 0 bridgehead atoms. The minimum atomic E-state index is -4.92. The van der Waals surface area contributed by atoms with Gasteiger partial charge in [-0.1, -0.05) is 172 Å². The minimum absolute atomic E-state index is 0.00265. The van der Waals surface area contributed by atoms with Crippen molar-refractivity contribution in [1.82, 2.24) is 0 Å². The number of hydrogen-bond acceptors (Lipinski definition) is 10. The van der Waals surface area contributed by atoms with Crippen LogP contribution in [0.5, 0.6) is 0 Å². The molecule has 0 aromatic heterocycles. The zero-order valence-corrected chi connectivity index (χ0v) is 38.9. The van der Waals surface area contributed by atoms with Gasteiger partial charge in [0.05, 0.1) is 12.7 Å². The number of aliphatic hydroxyl groups excluding tert-OH is 1. The lowest BCUT2D eigenvalue weighted by Gasteiger charge is -2.23. The molecular formula is C46H82NO11PS. The molecule has 12 nitrogen and oxygen atoms in total. The first kappa shape index (κ1) is 57.8. The zero-order chi connectivity index (χ0) is 44.7. The number of ether oxygens (including phenoxy) is 2. The predicted octanol–water partition coefficient (Wildman–Crippen LogP) is 10.7. The first-order chi connectivity index (χ1) is 28.7. The van der Waals surface area contributed by atoms with Gasteiger partial charge in [-0.05, 0) is 44.4 Å². The van der Waals surface area contributed by atoms with E-state index in [2.05, 4.69) is 37.4 Å². The van der Waals surface area contributed by atoms with Gasteiger partial charge in [0, 0.05) is 23.8 Å². The fourth-order valence-corrected chi connectivity index (χ4v) is 7.70. The number of nitrogens with two attached hydrogens (primary N) is 1. The Balaban J connectivity index is 4.77. The van der Waals surface area contributed by atoms with Gasteiger partial charge in [0.1, 0.15) is 12.6 Å². The molecule has 0 aliphatic carbocycles. The highest BCUT2D eigenvalue weighted by molar-refractivity contribution is 8.00. The van der Waals surface area contributed by atoms with Gasteiger partial charge in [-0.2, -0.15) is 0 Å². The minimum Gasteiger partial charge on any atom is -0.481 e. The normalized spacial score (nSPS) is 14.5. The maximum absolute atomic E-state index is 13.0. The van der Waals surface area contributed by atoms with E-state index in [1.54, 1.807) is 18.2 Å². The van der Waals surface area contributed by atoms with Crippen LogP contribution in [0.25, 0.3) is 0 Å². The van der Waals surface area contributed by atoms with Crippen LogP contribution in [0.4, 0.5) is 0 Å². The number of carbonyl (C=O) groups is 3. The number of carboxylic acid groups (broad SMARTS) is 1. The summed E-state index contributed by atoms with van der Waals surface area (Å²) in [7, 11) is -4.92. The van der Waals surface area contributed by atoms with E-state index in [1.807, 2.05) is 18.2 Å².